The van der Waals surface area contributed by atoms with Crippen LogP contribution in [0.15, 0.2) is 77.6 Å². The molecule has 5 nitrogen and oxygen atoms in total. The first kappa shape index (κ1) is 14.6. The van der Waals surface area contributed by atoms with Crippen molar-refractivity contribution in [1.29, 1.82) is 0 Å². The summed E-state index contributed by atoms with van der Waals surface area (Å²) in [6.07, 6.45) is 5.45. The van der Waals surface area contributed by atoms with Gasteiger partial charge in [-0.15, -0.1) is 0 Å². The van der Waals surface area contributed by atoms with E-state index in [0.717, 1.165) is 33.0 Å². The smallest absolute Gasteiger partial charge is 0.231 e. The van der Waals surface area contributed by atoms with Gasteiger partial charge in [0.25, 0.3) is 0 Å². The highest BCUT2D eigenvalue weighted by molar-refractivity contribution is 5.96. The largest absolute Gasteiger partial charge is 0.436 e. The van der Waals surface area contributed by atoms with Crippen molar-refractivity contribution >= 4 is 27.7 Å². The van der Waals surface area contributed by atoms with Gasteiger partial charge in [-0.1, -0.05) is 36.4 Å². The van der Waals surface area contributed by atoms with Crippen molar-refractivity contribution in [3.63, 3.8) is 0 Å². The summed E-state index contributed by atoms with van der Waals surface area (Å²) in [5.74, 6) is 0.847. The number of hydrogen-bond acceptors (Lipinski definition) is 5. The van der Waals surface area contributed by atoms with Gasteiger partial charge in [-0.3, -0.25) is 4.98 Å². The van der Waals surface area contributed by atoms with Crippen LogP contribution in [0.1, 0.15) is 0 Å². The highest BCUT2D eigenvalue weighted by Crippen LogP contribution is 2.33. The number of rotatable bonds is 2. The van der Waals surface area contributed by atoms with Crippen LogP contribution >= 0.6 is 0 Å². The molecule has 0 atom stereocenters. The second kappa shape index (κ2) is 5.67. The van der Waals surface area contributed by atoms with Gasteiger partial charge in [-0.2, -0.15) is 0 Å². The molecule has 0 fully saturated rings. The Morgan fingerprint density at radius 1 is 0.846 bits per heavy atom. The lowest BCUT2D eigenvalue weighted by Crippen LogP contribution is -1.95. The quantitative estimate of drug-likeness (QED) is 0.505. The molecule has 0 spiro atoms. The van der Waals surface area contributed by atoms with Crippen molar-refractivity contribution in [2.24, 2.45) is 0 Å². The first-order valence-corrected chi connectivity index (χ1v) is 8.24. The van der Waals surface area contributed by atoms with Crippen molar-refractivity contribution in [2.75, 3.05) is 5.73 Å². The van der Waals surface area contributed by atoms with Crippen LogP contribution in [0.5, 0.6) is 0 Å². The monoisotopic (exact) mass is 338 g/mol. The molecule has 0 aliphatic heterocycles. The van der Waals surface area contributed by atoms with E-state index in [1.165, 1.54) is 0 Å². The summed E-state index contributed by atoms with van der Waals surface area (Å²) < 4.78 is 5.87. The van der Waals surface area contributed by atoms with Crippen LogP contribution < -0.4 is 5.73 Å². The SMILES string of the molecule is Nc1ncc(-c2cncc3ccccc23)cc1-c1nc2ccccc2o1. The summed E-state index contributed by atoms with van der Waals surface area (Å²) in [4.78, 5) is 13.2. The van der Waals surface area contributed by atoms with Crippen molar-refractivity contribution < 1.29 is 4.42 Å². The van der Waals surface area contributed by atoms with E-state index >= 15 is 0 Å². The Balaban J connectivity index is 1.71. The normalized spacial score (nSPS) is 11.2. The molecule has 3 heterocycles. The van der Waals surface area contributed by atoms with Gasteiger partial charge in [0, 0.05) is 35.1 Å². The average molecular weight is 338 g/mol. The Kier molecular flexibility index (Phi) is 3.18. The number of para-hydroxylation sites is 2. The third kappa shape index (κ3) is 2.29. The molecule has 26 heavy (non-hydrogen) atoms. The molecule has 0 unspecified atom stereocenters. The van der Waals surface area contributed by atoms with Crippen LogP contribution in [-0.2, 0) is 0 Å². The molecule has 124 valence electrons. The predicted octanol–water partition coefficient (Wildman–Crippen LogP) is 4.69. The van der Waals surface area contributed by atoms with Gasteiger partial charge in [0.05, 0.1) is 5.56 Å². The zero-order valence-corrected chi connectivity index (χ0v) is 13.8. The Morgan fingerprint density at radius 3 is 2.62 bits per heavy atom. The topological polar surface area (TPSA) is 77.8 Å². The summed E-state index contributed by atoms with van der Waals surface area (Å²) in [5, 5.41) is 2.18. The van der Waals surface area contributed by atoms with Crippen molar-refractivity contribution in [3.8, 4) is 22.6 Å². The minimum absolute atomic E-state index is 0.383. The van der Waals surface area contributed by atoms with E-state index in [-0.39, 0.29) is 0 Å². The maximum absolute atomic E-state index is 6.11. The fourth-order valence-corrected chi connectivity index (χ4v) is 3.13. The van der Waals surface area contributed by atoms with Crippen molar-refractivity contribution in [3.05, 3.63) is 73.2 Å². The van der Waals surface area contributed by atoms with E-state index in [1.807, 2.05) is 60.9 Å². The molecule has 5 rings (SSSR count). The number of hydrogen-bond donors (Lipinski definition) is 1. The third-order valence-corrected chi connectivity index (χ3v) is 4.42. The van der Waals surface area contributed by atoms with E-state index in [2.05, 4.69) is 21.0 Å². The molecule has 0 aliphatic carbocycles. The van der Waals surface area contributed by atoms with E-state index in [0.29, 0.717) is 17.3 Å². The van der Waals surface area contributed by atoms with Crippen LogP contribution in [0.3, 0.4) is 0 Å². The molecule has 0 radical (unpaired) electrons. The summed E-state index contributed by atoms with van der Waals surface area (Å²) in [5.41, 5.74) is 10.2. The number of nitrogen functional groups attached to an aromatic ring is 1. The van der Waals surface area contributed by atoms with Crippen molar-refractivity contribution in [2.45, 2.75) is 0 Å². The van der Waals surface area contributed by atoms with Gasteiger partial charge in [0.15, 0.2) is 5.58 Å². The molecule has 2 aromatic carbocycles. The molecule has 0 saturated carbocycles. The molecule has 0 aliphatic rings. The molecule has 0 bridgehead atoms. The van der Waals surface area contributed by atoms with E-state index in [1.54, 1.807) is 6.20 Å². The number of oxazole rings is 1. The first-order chi connectivity index (χ1) is 12.8. The zero-order valence-electron chi connectivity index (χ0n) is 13.8. The van der Waals surface area contributed by atoms with Gasteiger partial charge in [0.1, 0.15) is 11.3 Å². The standard InChI is InChI=1S/C21H14N4O/c22-20-16(21-25-18-7-3-4-8-19(18)26-21)9-14(11-24-20)17-12-23-10-13-5-1-2-6-15(13)17/h1-12H,(H2,22,24). The Labute approximate surface area is 149 Å². The minimum atomic E-state index is 0.383. The van der Waals surface area contributed by atoms with E-state index < -0.39 is 0 Å². The van der Waals surface area contributed by atoms with E-state index in [4.69, 9.17) is 10.2 Å². The van der Waals surface area contributed by atoms with Crippen LogP contribution in [0.25, 0.3) is 44.5 Å². The maximum atomic E-state index is 6.11. The van der Waals surface area contributed by atoms with Gasteiger partial charge in [0.2, 0.25) is 5.89 Å². The fourth-order valence-electron chi connectivity index (χ4n) is 3.13. The van der Waals surface area contributed by atoms with Crippen LogP contribution in [0.4, 0.5) is 5.82 Å². The predicted molar refractivity (Wildman–Crippen MR) is 102 cm³/mol. The number of anilines is 1. The molecule has 0 saturated heterocycles. The van der Waals surface area contributed by atoms with Gasteiger partial charge < -0.3 is 10.2 Å². The van der Waals surface area contributed by atoms with Crippen LogP contribution in [-0.4, -0.2) is 15.0 Å². The maximum Gasteiger partial charge on any atom is 0.231 e. The summed E-state index contributed by atoms with van der Waals surface area (Å²) in [7, 11) is 0. The lowest BCUT2D eigenvalue weighted by Gasteiger charge is -2.08. The summed E-state index contributed by atoms with van der Waals surface area (Å²) >= 11 is 0. The van der Waals surface area contributed by atoms with Gasteiger partial charge in [-0.25, -0.2) is 9.97 Å². The molecule has 5 heteroatoms. The lowest BCUT2D eigenvalue weighted by atomic mass is 10.0. The average Bonchev–Trinajstić information content (AvgIpc) is 3.12. The number of nitrogens with zero attached hydrogens (tertiary/aromatic N) is 3. The summed E-state index contributed by atoms with van der Waals surface area (Å²) in [6, 6.07) is 17.7. The van der Waals surface area contributed by atoms with Gasteiger partial charge >= 0.3 is 0 Å². The second-order valence-electron chi connectivity index (χ2n) is 6.05. The number of pyridine rings is 2. The molecule has 5 aromatic rings. The van der Waals surface area contributed by atoms with Crippen molar-refractivity contribution in [1.82, 2.24) is 15.0 Å². The molecule has 3 aromatic heterocycles. The highest BCUT2D eigenvalue weighted by atomic mass is 16.3. The number of aromatic nitrogens is 3. The highest BCUT2D eigenvalue weighted by Gasteiger charge is 2.14. The van der Waals surface area contributed by atoms with Gasteiger partial charge in [-0.05, 0) is 23.6 Å². The second-order valence-corrected chi connectivity index (χ2v) is 6.05. The molecule has 0 amide bonds. The molecular formula is C21H14N4O. The zero-order chi connectivity index (χ0) is 17.5. The number of benzene rings is 2. The third-order valence-electron chi connectivity index (χ3n) is 4.42. The molecule has 2 N–H and O–H groups in total. The van der Waals surface area contributed by atoms with Crippen LogP contribution in [0, 0.1) is 0 Å². The minimum Gasteiger partial charge on any atom is -0.436 e. The Morgan fingerprint density at radius 2 is 1.69 bits per heavy atom. The molecular weight excluding hydrogens is 324 g/mol. The lowest BCUT2D eigenvalue weighted by molar-refractivity contribution is 0.620. The fraction of sp³-hybridized carbons (Fsp3) is 0. The number of fused-ring (bicyclic) bond motifs is 2. The number of nitrogens with two attached hydrogens (primary N) is 1. The Hall–Kier alpha value is -3.73. The summed E-state index contributed by atoms with van der Waals surface area (Å²) in [6.45, 7) is 0. The first-order valence-electron chi connectivity index (χ1n) is 8.24. The van der Waals surface area contributed by atoms with E-state index in [9.17, 15) is 0 Å². The van der Waals surface area contributed by atoms with Crippen LogP contribution in [0.2, 0.25) is 0 Å². The Bertz CT molecular complexity index is 1220.